The summed E-state index contributed by atoms with van der Waals surface area (Å²) in [7, 11) is 0. The molecule has 0 bridgehead atoms. The average Bonchev–Trinajstić information content (AvgIpc) is 3.30. The van der Waals surface area contributed by atoms with Crippen LogP contribution in [0, 0.1) is 17.8 Å². The van der Waals surface area contributed by atoms with Gasteiger partial charge in [-0.2, -0.15) is 0 Å². The molecule has 186 valence electrons. The Morgan fingerprint density at radius 2 is 1.83 bits per heavy atom. The molecule has 2 aromatic rings. The zero-order valence-electron chi connectivity index (χ0n) is 21.1. The maximum atomic E-state index is 12.3. The molecule has 0 spiro atoms. The highest BCUT2D eigenvalue weighted by Gasteiger charge is 2.56. The Balaban J connectivity index is 1.07. The summed E-state index contributed by atoms with van der Waals surface area (Å²) in [6.45, 7) is 11.7. The lowest BCUT2D eigenvalue weighted by Crippen LogP contribution is -2.39. The predicted octanol–water partition coefficient (Wildman–Crippen LogP) is 4.22. The maximum Gasteiger partial charge on any atom is 0.410 e. The van der Waals surface area contributed by atoms with Crippen molar-refractivity contribution in [2.45, 2.75) is 46.1 Å². The van der Waals surface area contributed by atoms with E-state index in [-0.39, 0.29) is 6.09 Å². The second kappa shape index (κ2) is 9.47. The van der Waals surface area contributed by atoms with E-state index in [0.717, 1.165) is 55.5 Å². The normalized spacial score (nSPS) is 23.5. The molecule has 2 unspecified atom stereocenters. The number of ether oxygens (including phenoxy) is 2. The Hall–Kier alpha value is -3.16. The lowest BCUT2D eigenvalue weighted by atomic mass is 10.0. The molecule has 2 aromatic heterocycles. The first kappa shape index (κ1) is 23.6. The van der Waals surface area contributed by atoms with Crippen LogP contribution in [0.1, 0.15) is 45.4 Å². The molecule has 1 amide bonds. The summed E-state index contributed by atoms with van der Waals surface area (Å²) in [5.41, 5.74) is 2.79. The minimum atomic E-state index is -0.480. The molecular weight excluding hydrogens is 442 g/mol. The Morgan fingerprint density at radius 3 is 2.40 bits per heavy atom. The van der Waals surface area contributed by atoms with Crippen molar-refractivity contribution in [3.8, 4) is 5.75 Å². The lowest BCUT2D eigenvalue weighted by molar-refractivity contribution is 0.0270. The molecule has 8 nitrogen and oxygen atoms in total. The third kappa shape index (κ3) is 5.41. The van der Waals surface area contributed by atoms with E-state index in [9.17, 15) is 4.79 Å². The largest absolute Gasteiger partial charge is 0.492 e. The summed E-state index contributed by atoms with van der Waals surface area (Å²) in [5.74, 6) is 3.58. The fourth-order valence-electron chi connectivity index (χ4n) is 5.00. The number of pyridine rings is 1. The minimum Gasteiger partial charge on any atom is -0.492 e. The first-order valence-corrected chi connectivity index (χ1v) is 12.6. The van der Waals surface area contributed by atoms with E-state index in [1.807, 2.05) is 51.5 Å². The quantitative estimate of drug-likeness (QED) is 0.616. The molecule has 1 saturated carbocycles. The topological polar surface area (TPSA) is 80.7 Å². The zero-order valence-corrected chi connectivity index (χ0v) is 21.1. The number of hydrogen-bond acceptors (Lipinski definition) is 7. The molecule has 0 N–H and O–H groups in total. The smallest absolute Gasteiger partial charge is 0.410 e. The molecule has 0 aromatic carbocycles. The number of anilines is 1. The van der Waals surface area contributed by atoms with Crippen molar-refractivity contribution in [1.29, 1.82) is 0 Å². The van der Waals surface area contributed by atoms with Gasteiger partial charge in [-0.15, -0.1) is 0 Å². The van der Waals surface area contributed by atoms with Crippen LogP contribution >= 0.6 is 0 Å². The van der Waals surface area contributed by atoms with Crippen LogP contribution in [0.15, 0.2) is 36.8 Å². The van der Waals surface area contributed by atoms with Gasteiger partial charge >= 0.3 is 6.09 Å². The third-order valence-electron chi connectivity index (χ3n) is 7.12. The molecular formula is C27H35N5O3. The molecule has 1 saturated heterocycles. The molecule has 2 aliphatic heterocycles. The van der Waals surface area contributed by atoms with E-state index < -0.39 is 5.60 Å². The SMILES string of the molecule is CCc1cnc(N2CC3C(COc4ccc(C5=CCN(C(=O)OC(C)(C)C)CC5)nc4)C3C2)nc1. The second-order valence-corrected chi connectivity index (χ2v) is 10.7. The zero-order chi connectivity index (χ0) is 24.6. The molecule has 3 aliphatic rings. The van der Waals surface area contributed by atoms with Gasteiger partial charge in [-0.3, -0.25) is 4.98 Å². The van der Waals surface area contributed by atoms with Crippen LogP contribution in [0.25, 0.3) is 5.57 Å². The predicted molar refractivity (Wildman–Crippen MR) is 134 cm³/mol. The molecule has 8 heteroatoms. The summed E-state index contributed by atoms with van der Waals surface area (Å²) in [6.07, 6.45) is 9.20. The van der Waals surface area contributed by atoms with Crippen LogP contribution in [0.3, 0.4) is 0 Å². The summed E-state index contributed by atoms with van der Waals surface area (Å²) < 4.78 is 11.5. The number of nitrogens with zero attached hydrogens (tertiary/aromatic N) is 5. The number of aryl methyl sites for hydroxylation is 1. The number of fused-ring (bicyclic) bond motifs is 1. The van der Waals surface area contributed by atoms with Gasteiger partial charge in [0.1, 0.15) is 11.4 Å². The summed E-state index contributed by atoms with van der Waals surface area (Å²) in [6, 6.07) is 4.01. The van der Waals surface area contributed by atoms with Crippen LogP contribution in [-0.2, 0) is 11.2 Å². The number of hydrogen-bond donors (Lipinski definition) is 0. The second-order valence-electron chi connectivity index (χ2n) is 10.7. The average molecular weight is 478 g/mol. The van der Waals surface area contributed by atoms with Crippen LogP contribution < -0.4 is 9.64 Å². The number of carbonyl (C=O) groups excluding carboxylic acids is 1. The van der Waals surface area contributed by atoms with Crippen LogP contribution in [-0.4, -0.2) is 64.3 Å². The molecule has 0 radical (unpaired) electrons. The highest BCUT2D eigenvalue weighted by atomic mass is 16.6. The van der Waals surface area contributed by atoms with Crippen molar-refractivity contribution in [1.82, 2.24) is 19.9 Å². The number of piperidine rings is 1. The molecule has 35 heavy (non-hydrogen) atoms. The van der Waals surface area contributed by atoms with Gasteiger partial charge in [0.2, 0.25) is 5.95 Å². The van der Waals surface area contributed by atoms with Crippen molar-refractivity contribution < 1.29 is 14.3 Å². The number of carbonyl (C=O) groups is 1. The van der Waals surface area contributed by atoms with Gasteiger partial charge in [0.15, 0.2) is 0 Å². The van der Waals surface area contributed by atoms with Crippen molar-refractivity contribution in [2.24, 2.45) is 17.8 Å². The Morgan fingerprint density at radius 1 is 1.09 bits per heavy atom. The van der Waals surface area contributed by atoms with E-state index in [0.29, 0.717) is 30.8 Å². The fraction of sp³-hybridized carbons (Fsp3) is 0.556. The fourth-order valence-corrected chi connectivity index (χ4v) is 5.00. The maximum absolute atomic E-state index is 12.3. The number of amides is 1. The van der Waals surface area contributed by atoms with Crippen molar-refractivity contribution in [2.75, 3.05) is 37.7 Å². The van der Waals surface area contributed by atoms with Gasteiger partial charge in [-0.1, -0.05) is 13.0 Å². The van der Waals surface area contributed by atoms with Crippen molar-refractivity contribution in [3.05, 3.63) is 48.1 Å². The molecule has 2 fully saturated rings. The highest BCUT2D eigenvalue weighted by Crippen LogP contribution is 2.52. The van der Waals surface area contributed by atoms with Gasteiger partial charge in [0, 0.05) is 44.5 Å². The summed E-state index contributed by atoms with van der Waals surface area (Å²) in [4.78, 5) is 29.9. The Labute approximate surface area is 207 Å². The monoisotopic (exact) mass is 477 g/mol. The first-order chi connectivity index (χ1) is 16.8. The third-order valence-corrected chi connectivity index (χ3v) is 7.12. The molecule has 1 aliphatic carbocycles. The van der Waals surface area contributed by atoms with Crippen LogP contribution in [0.2, 0.25) is 0 Å². The van der Waals surface area contributed by atoms with E-state index in [4.69, 9.17) is 9.47 Å². The highest BCUT2D eigenvalue weighted by molar-refractivity contribution is 5.72. The number of rotatable bonds is 6. The summed E-state index contributed by atoms with van der Waals surface area (Å²) >= 11 is 0. The van der Waals surface area contributed by atoms with E-state index in [1.54, 1.807) is 4.90 Å². The van der Waals surface area contributed by atoms with E-state index >= 15 is 0 Å². The summed E-state index contributed by atoms with van der Waals surface area (Å²) in [5, 5.41) is 0. The molecule has 5 rings (SSSR count). The lowest BCUT2D eigenvalue weighted by Gasteiger charge is -2.29. The minimum absolute atomic E-state index is 0.264. The van der Waals surface area contributed by atoms with Gasteiger partial charge in [0.25, 0.3) is 0 Å². The standard InChI is InChI=1S/C27H35N5O3/c1-5-18-12-29-25(30-13-18)32-15-21-22(16-32)23(21)17-34-20-6-7-24(28-14-20)19-8-10-31(11-9-19)26(33)35-27(2,3)4/h6-8,12-14,21-23H,5,9-11,15-17H2,1-4H3. The van der Waals surface area contributed by atoms with E-state index in [1.165, 1.54) is 5.56 Å². The molecule has 2 atom stereocenters. The van der Waals surface area contributed by atoms with Crippen LogP contribution in [0.4, 0.5) is 10.7 Å². The number of aromatic nitrogens is 3. The van der Waals surface area contributed by atoms with Crippen molar-refractivity contribution in [3.63, 3.8) is 0 Å². The van der Waals surface area contributed by atoms with Gasteiger partial charge in [-0.05, 0) is 68.7 Å². The van der Waals surface area contributed by atoms with E-state index in [2.05, 4.69) is 32.9 Å². The van der Waals surface area contributed by atoms with Gasteiger partial charge in [0.05, 0.1) is 18.5 Å². The van der Waals surface area contributed by atoms with Crippen LogP contribution in [0.5, 0.6) is 5.75 Å². The van der Waals surface area contributed by atoms with Gasteiger partial charge in [-0.25, -0.2) is 14.8 Å². The Bertz CT molecular complexity index is 1070. The first-order valence-electron chi connectivity index (χ1n) is 12.6. The Kier molecular flexibility index (Phi) is 6.38. The molecule has 4 heterocycles. The van der Waals surface area contributed by atoms with Gasteiger partial charge < -0.3 is 19.3 Å². The van der Waals surface area contributed by atoms with Crippen molar-refractivity contribution >= 4 is 17.6 Å².